The summed E-state index contributed by atoms with van der Waals surface area (Å²) >= 11 is 0. The van der Waals surface area contributed by atoms with Crippen LogP contribution < -0.4 is 11.4 Å². The van der Waals surface area contributed by atoms with E-state index >= 15 is 0 Å². The smallest absolute Gasteiger partial charge is 0.462 e. The minimum absolute atomic E-state index is 0.00106. The van der Waals surface area contributed by atoms with Crippen molar-refractivity contribution in [3.63, 3.8) is 0 Å². The van der Waals surface area contributed by atoms with Crippen LogP contribution in [0.3, 0.4) is 0 Å². The highest BCUT2D eigenvalue weighted by atomic mass is 31.3. The number of phosphoric ester groups is 2. The first-order valence-corrected chi connectivity index (χ1v) is 28.3. The predicted octanol–water partition coefficient (Wildman–Crippen LogP) is 9.41. The van der Waals surface area contributed by atoms with Crippen molar-refractivity contribution in [1.29, 1.82) is 0 Å². The number of hydrogen-bond acceptors (Lipinski definition) is 16. The number of esters is 2. The SMILES string of the molecule is CC/C=C\C/C=C\C/C=C\C/C=C\C/C=C\C=C/C(O)CCC(=O)OC[C@H](COP(=O)(O)OP(=O)(O)OC[C@H]1O[C@@H](n2ccc(N)nc2=O)[C@H](O)[C@@H]1O)OC(=O)CCCCCCC/C=C\C/C=C\CCCCC. The molecule has 410 valence electrons. The molecule has 0 radical (unpaired) electrons. The van der Waals surface area contributed by atoms with Gasteiger partial charge in [-0.25, -0.2) is 13.9 Å². The number of allylic oxidation sites excluding steroid dienone is 15. The second-order valence-corrected chi connectivity index (χ2v) is 20.2. The van der Waals surface area contributed by atoms with E-state index in [0.717, 1.165) is 81.4 Å². The average molecular weight is 1070 g/mol. The third-order valence-electron chi connectivity index (χ3n) is 10.8. The molecule has 0 saturated carbocycles. The third kappa shape index (κ3) is 31.9. The first kappa shape index (κ1) is 64.8. The highest BCUT2D eigenvalue weighted by molar-refractivity contribution is 7.61. The standard InChI is InChI=1S/C52H81N3O16P2/c1-3-5-7-9-11-13-15-17-19-21-22-24-26-28-30-32-34-43(56)36-37-47(57)66-40-44(69-48(58)35-33-31-29-27-25-23-20-18-16-14-12-10-8-6-4-2)41-67-72(62,63)71-73(64,65)68-42-45-49(59)50(60)51(70-45)55-39-38-46(53)54-52(55)61/h5,7,11-14,17-20,22,24,28,30,32,34,38-39,43-45,49-51,56,59-60H,3-4,6,8-10,15-16,21,23,25-27,29,31,33,35-37,40-42H2,1-2H3,(H,62,63)(H,64,65)(H2,53,54,61)/b7-5-,13-11-,14-12-,19-17-,20-18-,24-22-,30-28-,34-32-/t43?,44-,45-,49-,50-,51-/m1/s1. The predicted molar refractivity (Wildman–Crippen MR) is 281 cm³/mol. The second kappa shape index (κ2) is 39.1. The number of aliphatic hydroxyl groups excluding tert-OH is 3. The van der Waals surface area contributed by atoms with Crippen molar-refractivity contribution in [2.24, 2.45) is 0 Å². The molecule has 7 N–H and O–H groups in total. The van der Waals surface area contributed by atoms with Crippen molar-refractivity contribution in [2.45, 2.75) is 173 Å². The molecule has 73 heavy (non-hydrogen) atoms. The van der Waals surface area contributed by atoms with Crippen LogP contribution in [0.4, 0.5) is 5.82 Å². The number of anilines is 1. The molecule has 0 aromatic carbocycles. The van der Waals surface area contributed by atoms with Crippen LogP contribution in [0.2, 0.25) is 0 Å². The van der Waals surface area contributed by atoms with Crippen LogP contribution >= 0.6 is 15.6 Å². The van der Waals surface area contributed by atoms with Crippen LogP contribution in [-0.2, 0) is 46.3 Å². The number of nitrogens with two attached hydrogens (primary N) is 1. The number of nitrogen functional groups attached to an aromatic ring is 1. The third-order valence-corrected chi connectivity index (χ3v) is 13.4. The zero-order chi connectivity index (χ0) is 53.6. The summed E-state index contributed by atoms with van der Waals surface area (Å²) in [6, 6.07) is 1.23. The number of aromatic nitrogens is 2. The molecule has 2 heterocycles. The lowest BCUT2D eigenvalue weighted by molar-refractivity contribution is -0.161. The van der Waals surface area contributed by atoms with E-state index in [0.29, 0.717) is 12.8 Å². The van der Waals surface area contributed by atoms with Crippen LogP contribution in [0, 0.1) is 0 Å². The molecule has 1 aromatic heterocycles. The fourth-order valence-corrected chi connectivity index (χ4v) is 8.91. The van der Waals surface area contributed by atoms with E-state index in [1.54, 1.807) is 12.2 Å². The molecular formula is C52H81N3O16P2. The van der Waals surface area contributed by atoms with Crippen molar-refractivity contribution in [2.75, 3.05) is 25.6 Å². The molecule has 1 fully saturated rings. The maximum atomic E-state index is 12.9. The molecule has 19 nitrogen and oxygen atoms in total. The summed E-state index contributed by atoms with van der Waals surface area (Å²) in [5, 5.41) is 31.3. The Balaban J connectivity index is 1.87. The minimum atomic E-state index is -5.48. The normalized spacial score (nSPS) is 20.2. The largest absolute Gasteiger partial charge is 0.481 e. The summed E-state index contributed by atoms with van der Waals surface area (Å²) in [6.07, 6.45) is 39.6. The molecule has 0 spiro atoms. The molecule has 1 aromatic rings. The van der Waals surface area contributed by atoms with Gasteiger partial charge in [0.2, 0.25) is 0 Å². The van der Waals surface area contributed by atoms with Gasteiger partial charge in [-0.2, -0.15) is 9.29 Å². The number of rotatable bonds is 40. The summed E-state index contributed by atoms with van der Waals surface area (Å²) in [6.45, 7) is 1.75. The van der Waals surface area contributed by atoms with E-state index < -0.39 is 89.8 Å². The van der Waals surface area contributed by atoms with Gasteiger partial charge >= 0.3 is 33.3 Å². The number of aliphatic hydroxyl groups is 3. The second-order valence-electron chi connectivity index (χ2n) is 17.1. The fourth-order valence-electron chi connectivity index (χ4n) is 6.80. The summed E-state index contributed by atoms with van der Waals surface area (Å²) in [4.78, 5) is 61.9. The summed E-state index contributed by atoms with van der Waals surface area (Å²) in [5.74, 6) is -1.62. The summed E-state index contributed by atoms with van der Waals surface area (Å²) in [7, 11) is -11.0. The molecule has 1 saturated heterocycles. The van der Waals surface area contributed by atoms with Crippen molar-refractivity contribution >= 4 is 33.4 Å². The van der Waals surface area contributed by atoms with Gasteiger partial charge in [-0.15, -0.1) is 0 Å². The highest BCUT2D eigenvalue weighted by Gasteiger charge is 2.46. The topological polar surface area (TPSA) is 286 Å². The Labute approximate surface area is 431 Å². The van der Waals surface area contributed by atoms with Gasteiger partial charge in [-0.3, -0.25) is 23.2 Å². The quantitative estimate of drug-likeness (QED) is 0.0117. The first-order chi connectivity index (χ1) is 35.1. The van der Waals surface area contributed by atoms with E-state index in [2.05, 4.69) is 90.0 Å². The van der Waals surface area contributed by atoms with Gasteiger partial charge in [0.15, 0.2) is 12.3 Å². The Morgan fingerprint density at radius 2 is 1.32 bits per heavy atom. The maximum absolute atomic E-state index is 12.9. The number of nitrogens with zero attached hydrogens (tertiary/aromatic N) is 2. The molecule has 1 aliphatic heterocycles. The van der Waals surface area contributed by atoms with Crippen LogP contribution in [0.25, 0.3) is 0 Å². The molecule has 0 aliphatic carbocycles. The van der Waals surface area contributed by atoms with Gasteiger partial charge in [0.1, 0.15) is 30.7 Å². The van der Waals surface area contributed by atoms with Crippen molar-refractivity contribution in [3.05, 3.63) is 120 Å². The number of carbonyl (C=O) groups is 2. The molecule has 0 amide bonds. The Bertz CT molecular complexity index is 2120. The zero-order valence-corrected chi connectivity index (χ0v) is 44.3. The van der Waals surface area contributed by atoms with E-state index in [9.17, 15) is 48.6 Å². The van der Waals surface area contributed by atoms with Gasteiger partial charge in [-0.1, -0.05) is 143 Å². The highest BCUT2D eigenvalue weighted by Crippen LogP contribution is 2.60. The van der Waals surface area contributed by atoms with E-state index in [-0.39, 0.29) is 25.1 Å². The number of carbonyl (C=O) groups excluding carboxylic acids is 2. The van der Waals surface area contributed by atoms with E-state index in [1.807, 2.05) is 12.2 Å². The van der Waals surface area contributed by atoms with Crippen LogP contribution in [0.5, 0.6) is 0 Å². The summed E-state index contributed by atoms with van der Waals surface area (Å²) in [5.41, 5.74) is 4.57. The van der Waals surface area contributed by atoms with Crippen molar-refractivity contribution in [1.82, 2.24) is 9.55 Å². The van der Waals surface area contributed by atoms with Crippen molar-refractivity contribution < 1.29 is 71.4 Å². The Morgan fingerprint density at radius 3 is 1.95 bits per heavy atom. The Kier molecular flexibility index (Phi) is 34.7. The van der Waals surface area contributed by atoms with Gasteiger partial charge in [0.05, 0.1) is 19.3 Å². The van der Waals surface area contributed by atoms with Crippen LogP contribution in [0.15, 0.2) is 114 Å². The fraction of sp³-hybridized carbons (Fsp3) is 0.577. The Hall–Kier alpha value is -4.36. The minimum Gasteiger partial charge on any atom is -0.462 e. The number of ether oxygens (including phenoxy) is 3. The molecule has 0 bridgehead atoms. The molecule has 21 heteroatoms. The molecule has 3 unspecified atom stereocenters. The molecular weight excluding hydrogens is 985 g/mol. The van der Waals surface area contributed by atoms with Crippen LogP contribution in [-0.4, -0.2) is 96.9 Å². The van der Waals surface area contributed by atoms with Gasteiger partial charge in [-0.05, 0) is 83.1 Å². The number of hydrogen-bond donors (Lipinski definition) is 6. The van der Waals surface area contributed by atoms with E-state index in [1.165, 1.54) is 31.4 Å². The number of unbranched alkanes of at least 4 members (excludes halogenated alkanes) is 8. The van der Waals surface area contributed by atoms with Crippen molar-refractivity contribution in [3.8, 4) is 0 Å². The van der Waals surface area contributed by atoms with E-state index in [4.69, 9.17) is 29.0 Å². The van der Waals surface area contributed by atoms with Crippen LogP contribution in [0.1, 0.15) is 142 Å². The molecule has 8 atom stereocenters. The average Bonchev–Trinajstić information content (AvgIpc) is 3.63. The zero-order valence-electron chi connectivity index (χ0n) is 42.5. The lowest BCUT2D eigenvalue weighted by Crippen LogP contribution is -2.36. The number of phosphoric acid groups is 2. The van der Waals surface area contributed by atoms with Gasteiger partial charge in [0, 0.05) is 19.0 Å². The molecule has 1 aliphatic rings. The summed E-state index contributed by atoms with van der Waals surface area (Å²) < 4.78 is 56.5. The van der Waals surface area contributed by atoms with Gasteiger partial charge < -0.3 is 45.1 Å². The monoisotopic (exact) mass is 1070 g/mol. The lowest BCUT2D eigenvalue weighted by atomic mass is 10.1. The lowest BCUT2D eigenvalue weighted by Gasteiger charge is -2.21. The Morgan fingerprint density at radius 1 is 0.740 bits per heavy atom. The van der Waals surface area contributed by atoms with Gasteiger partial charge in [0.25, 0.3) is 0 Å². The first-order valence-electron chi connectivity index (χ1n) is 25.4. The maximum Gasteiger partial charge on any atom is 0.481 e. The molecule has 2 rings (SSSR count).